The van der Waals surface area contributed by atoms with Gasteiger partial charge in [0.25, 0.3) is 0 Å². The Morgan fingerprint density at radius 1 is 0.441 bits per heavy atom. The van der Waals surface area contributed by atoms with Crippen molar-refractivity contribution in [1.82, 2.24) is 4.90 Å². The molecular weight excluding hydrogens is 1010 g/mol. The van der Waals surface area contributed by atoms with Crippen LogP contribution in [0.15, 0.2) is 0 Å². The molecule has 0 saturated carbocycles. The molecule has 0 aromatic rings. The Hall–Kier alpha value is 0.801. The summed E-state index contributed by atoms with van der Waals surface area (Å²) in [5.74, 6) is 0. The summed E-state index contributed by atoms with van der Waals surface area (Å²) in [5, 5.41) is 0. The number of hydrogen-bond donors (Lipinski definition) is 1. The van der Waals surface area contributed by atoms with Crippen LogP contribution in [0.25, 0.3) is 0 Å². The number of rotatable bonds is 33. The van der Waals surface area contributed by atoms with Crippen molar-refractivity contribution in [1.29, 1.82) is 0 Å². The molecule has 0 heterocycles. The first-order valence-corrected chi connectivity index (χ1v) is 45.3. The van der Waals surface area contributed by atoms with Crippen LogP contribution < -0.4 is 0 Å². The summed E-state index contributed by atoms with van der Waals surface area (Å²) in [4.78, 5) is 2.50. The van der Waals surface area contributed by atoms with E-state index in [4.69, 9.17) is 21.0 Å². The molecule has 424 valence electrons. The summed E-state index contributed by atoms with van der Waals surface area (Å²) < 4.78 is 87.8. The van der Waals surface area contributed by atoms with Crippen LogP contribution in [-0.2, 0) is 49.8 Å². The summed E-state index contributed by atoms with van der Waals surface area (Å²) in [7, 11) is -18.3. The topological polar surface area (TPSA) is 156 Å². The van der Waals surface area contributed by atoms with Gasteiger partial charge in [0, 0.05) is 0 Å². The fourth-order valence-corrected chi connectivity index (χ4v) is 37.2. The van der Waals surface area contributed by atoms with Crippen LogP contribution in [0.1, 0.15) is 137 Å². The molecule has 68 heavy (non-hydrogen) atoms. The van der Waals surface area contributed by atoms with Crippen LogP contribution in [0, 0.1) is 0 Å². The Morgan fingerprint density at radius 3 is 0.941 bits per heavy atom. The van der Waals surface area contributed by atoms with E-state index < -0.39 is 71.2 Å². The molecule has 14 nitrogen and oxygen atoms in total. The molecule has 0 rings (SSSR count). The molecule has 1 N–H and O–H groups in total. The molecule has 0 radical (unpaired) electrons. The molecule has 0 aromatic carbocycles. The average Bonchev–Trinajstić information content (AvgIpc) is 3.12. The SMILES string of the molecule is C.C.C.C.CCCC[Si](C)(C)O[Si](C)(C)O[Si](C)(C)CCCN(CC)CC.CCCC[Si](C)(C)O[Si](C)(C)O[Si](C)(C)CCC[N+](CC)(CC)CC.CCOS(=O)(=O)O.CCOS(=O)(=O)OCC. The van der Waals surface area contributed by atoms with Crippen molar-refractivity contribution in [2.75, 3.05) is 65.6 Å². The second kappa shape index (κ2) is 42.1. The van der Waals surface area contributed by atoms with E-state index in [2.05, 4.69) is 144 Å². The van der Waals surface area contributed by atoms with Crippen molar-refractivity contribution in [3.63, 3.8) is 0 Å². The Labute approximate surface area is 434 Å². The molecule has 22 heteroatoms. The van der Waals surface area contributed by atoms with Crippen molar-refractivity contribution in [3.05, 3.63) is 0 Å². The van der Waals surface area contributed by atoms with E-state index in [1.807, 2.05) is 0 Å². The molecular formula is C46H123N2O12S2Si6+. The second-order valence-electron chi connectivity index (χ2n) is 19.8. The fourth-order valence-electron chi connectivity index (χ4n) is 7.84. The monoisotopic (exact) mass is 1130 g/mol. The van der Waals surface area contributed by atoms with E-state index in [1.165, 1.54) is 107 Å². The van der Waals surface area contributed by atoms with Crippen molar-refractivity contribution in [3.8, 4) is 0 Å². The lowest BCUT2D eigenvalue weighted by atomic mass is 10.3. The quantitative estimate of drug-likeness (QED) is 0.0377. The molecule has 0 atom stereocenters. The summed E-state index contributed by atoms with van der Waals surface area (Å²) in [6.07, 6.45) is 7.63. The molecule has 0 aliphatic rings. The van der Waals surface area contributed by atoms with Gasteiger partial charge in [0.2, 0.25) is 0 Å². The van der Waals surface area contributed by atoms with Gasteiger partial charge in [-0.2, -0.15) is 16.8 Å². The van der Waals surface area contributed by atoms with Crippen LogP contribution in [-0.4, -0.2) is 147 Å². The average molecular weight is 1130 g/mol. The maximum Gasteiger partial charge on any atom is 0.399 e. The van der Waals surface area contributed by atoms with Crippen molar-refractivity contribution >= 4 is 71.2 Å². The molecule has 0 amide bonds. The van der Waals surface area contributed by atoms with Crippen LogP contribution in [0.4, 0.5) is 0 Å². The second-order valence-corrected chi connectivity index (χ2v) is 47.1. The van der Waals surface area contributed by atoms with Gasteiger partial charge in [-0.25, -0.2) is 12.5 Å². The summed E-state index contributed by atoms with van der Waals surface area (Å²) in [6, 6.07) is 5.01. The van der Waals surface area contributed by atoms with Crippen LogP contribution in [0.2, 0.25) is 103 Å². The Bertz CT molecular complexity index is 1350. The van der Waals surface area contributed by atoms with Crippen molar-refractivity contribution in [2.24, 2.45) is 0 Å². The smallest absolute Gasteiger partial charge is 0.399 e. The molecule has 0 aromatic heterocycles. The Kier molecular flexibility index (Phi) is 52.9. The van der Waals surface area contributed by atoms with Gasteiger partial charge in [0.1, 0.15) is 0 Å². The van der Waals surface area contributed by atoms with Crippen molar-refractivity contribution < 1.29 is 54.9 Å². The van der Waals surface area contributed by atoms with Gasteiger partial charge in [-0.15, -0.1) is 0 Å². The molecule has 0 aliphatic heterocycles. The number of quaternary nitrogens is 1. The number of unbranched alkanes of at least 4 members (excludes halogenated alkanes) is 2. The van der Waals surface area contributed by atoms with Crippen molar-refractivity contribution in [2.45, 2.75) is 240 Å². The zero-order chi connectivity index (χ0) is 51.2. The highest BCUT2D eigenvalue weighted by Crippen LogP contribution is 2.28. The standard InChI is InChI=1S/C19H48NO2Si3.C17H43NO2Si3.C4H10O4S.C2H6O4S.4CH4/c1-11-15-18-23(5,6)21-25(9,10)22-24(7,8)19-16-17-20(12-2,13-3)14-4;1-10-13-16-21(4,5)19-23(8,9)20-22(6,7)17-14-15-18(11-2)12-3;1-3-7-9(5,6)8-4-2;1-2-6-7(3,4)5;;;;/h11-19H2,1-10H3;10-17H2,1-9H3;3-4H2,1-2H3;2H2,1H3,(H,3,4,5);4*1H4/q+1;;;;;;;. The highest BCUT2D eigenvalue weighted by atomic mass is 32.3. The summed E-state index contributed by atoms with van der Waals surface area (Å²) in [6.45, 7) is 57.4. The van der Waals surface area contributed by atoms with E-state index in [9.17, 15) is 16.8 Å². The maximum atomic E-state index is 10.4. The fraction of sp³-hybridized carbons (Fsp3) is 1.00. The van der Waals surface area contributed by atoms with E-state index in [0.29, 0.717) is 0 Å². The first-order valence-electron chi connectivity index (χ1n) is 24.5. The Balaban J connectivity index is -0.000000128. The number of hydrogen-bond acceptors (Lipinski definition) is 12. The van der Waals surface area contributed by atoms with Crippen LogP contribution in [0.5, 0.6) is 0 Å². The summed E-state index contributed by atoms with van der Waals surface area (Å²) in [5.41, 5.74) is 0. The van der Waals surface area contributed by atoms with Gasteiger partial charge in [0.05, 0.1) is 46.0 Å². The maximum absolute atomic E-state index is 10.4. The zero-order valence-corrected chi connectivity index (χ0v) is 53.4. The molecule has 0 aliphatic carbocycles. The largest absolute Gasteiger partial charge is 0.437 e. The van der Waals surface area contributed by atoms with Crippen LogP contribution >= 0.6 is 0 Å². The lowest BCUT2D eigenvalue weighted by Crippen LogP contribution is -2.53. The highest BCUT2D eigenvalue weighted by Gasteiger charge is 2.40. The lowest BCUT2D eigenvalue weighted by molar-refractivity contribution is -0.923. The molecule has 0 unspecified atom stereocenters. The van der Waals surface area contributed by atoms with Gasteiger partial charge in [-0.3, -0.25) is 4.55 Å². The van der Waals surface area contributed by atoms with Gasteiger partial charge in [-0.1, -0.05) is 83.1 Å². The third-order valence-electron chi connectivity index (χ3n) is 10.7. The van der Waals surface area contributed by atoms with E-state index in [-0.39, 0.29) is 49.5 Å². The molecule has 0 spiro atoms. The van der Waals surface area contributed by atoms with Crippen LogP contribution in [0.3, 0.4) is 0 Å². The minimum atomic E-state index is -4.17. The zero-order valence-electron chi connectivity index (χ0n) is 45.8. The van der Waals surface area contributed by atoms with Gasteiger partial charge < -0.3 is 25.8 Å². The van der Waals surface area contributed by atoms with Gasteiger partial charge in [0.15, 0.2) is 33.3 Å². The first kappa shape index (κ1) is 85.6. The predicted molar refractivity (Wildman–Crippen MR) is 314 cm³/mol. The number of nitrogens with zero attached hydrogens (tertiary/aromatic N) is 2. The molecule has 0 fully saturated rings. The van der Waals surface area contributed by atoms with E-state index in [0.717, 1.165) is 13.1 Å². The molecule has 0 saturated heterocycles. The first-order chi connectivity index (χ1) is 29.0. The van der Waals surface area contributed by atoms with Gasteiger partial charge >= 0.3 is 37.9 Å². The van der Waals surface area contributed by atoms with E-state index in [1.54, 1.807) is 13.8 Å². The third-order valence-corrected chi connectivity index (χ3v) is 35.2. The minimum Gasteiger partial charge on any atom is -0.437 e. The highest BCUT2D eigenvalue weighted by molar-refractivity contribution is 7.81. The minimum absolute atomic E-state index is 0. The third kappa shape index (κ3) is 51.7. The lowest BCUT2D eigenvalue weighted by Gasteiger charge is -2.40. The Morgan fingerprint density at radius 2 is 0.721 bits per heavy atom. The normalized spacial score (nSPS) is 12.6. The van der Waals surface area contributed by atoms with E-state index >= 15 is 0 Å². The van der Waals surface area contributed by atoms with Gasteiger partial charge in [-0.05, 0) is 177 Å². The predicted octanol–water partition coefficient (Wildman–Crippen LogP) is 14.5. The summed E-state index contributed by atoms with van der Waals surface area (Å²) >= 11 is 0. The molecule has 0 bridgehead atoms.